The van der Waals surface area contributed by atoms with Gasteiger partial charge in [0.25, 0.3) is 10.1 Å². The van der Waals surface area contributed by atoms with Crippen LogP contribution < -0.4 is 0 Å². The highest BCUT2D eigenvalue weighted by molar-refractivity contribution is 8.12. The molecule has 0 aliphatic carbocycles. The number of aliphatic carboxylic acids is 1. The molecule has 0 bridgehead atoms. The molecule has 0 aromatic heterocycles. The van der Waals surface area contributed by atoms with E-state index in [1.54, 1.807) is 6.26 Å². The smallest absolute Gasteiger partial charge is 0.306 e. The molecule has 0 radical (unpaired) electrons. The summed E-state index contributed by atoms with van der Waals surface area (Å²) in [6, 6.07) is 0. The lowest BCUT2D eigenvalue weighted by atomic mass is 10.1. The minimum absolute atomic E-state index is 0.00644. The Morgan fingerprint density at radius 2 is 1.67 bits per heavy atom. The van der Waals surface area contributed by atoms with Gasteiger partial charge in [-0.15, -0.1) is 11.8 Å². The van der Waals surface area contributed by atoms with E-state index in [9.17, 15) is 21.6 Å². The van der Waals surface area contributed by atoms with Crippen molar-refractivity contribution in [1.29, 1.82) is 0 Å². The van der Waals surface area contributed by atoms with Gasteiger partial charge in [-0.25, -0.2) is 8.42 Å². The van der Waals surface area contributed by atoms with Crippen molar-refractivity contribution in [1.82, 2.24) is 0 Å². The van der Waals surface area contributed by atoms with E-state index in [-0.39, 0.29) is 23.7 Å². The van der Waals surface area contributed by atoms with Crippen LogP contribution >= 0.6 is 23.5 Å². The number of carbonyl (C=O) groups is 1. The molecule has 0 rings (SSSR count). The van der Waals surface area contributed by atoms with Crippen LogP contribution in [0.15, 0.2) is 0 Å². The topological polar surface area (TPSA) is 126 Å². The van der Waals surface area contributed by atoms with Gasteiger partial charge in [0, 0.05) is 11.5 Å². The van der Waals surface area contributed by atoms with E-state index >= 15 is 0 Å². The largest absolute Gasteiger partial charge is 0.481 e. The molecule has 7 nitrogen and oxygen atoms in total. The van der Waals surface area contributed by atoms with Crippen molar-refractivity contribution in [2.45, 2.75) is 17.9 Å². The van der Waals surface area contributed by atoms with Crippen LogP contribution in [0.5, 0.6) is 0 Å². The maximum Gasteiger partial charge on any atom is 0.306 e. The summed E-state index contributed by atoms with van der Waals surface area (Å²) in [5.74, 6) is -1.85. The first-order valence-electron chi connectivity index (χ1n) is 5.99. The molecule has 2 unspecified atom stereocenters. The summed E-state index contributed by atoms with van der Waals surface area (Å²) in [7, 11) is -7.69. The number of hydrogen-bond donors (Lipinski definition) is 2. The average Bonchev–Trinajstić information content (AvgIpc) is 2.33. The first-order chi connectivity index (χ1) is 9.49. The van der Waals surface area contributed by atoms with Gasteiger partial charge in [0.1, 0.15) is 4.58 Å². The number of carboxylic acid groups (broad SMARTS) is 1. The normalized spacial score (nSPS) is 15.6. The van der Waals surface area contributed by atoms with Gasteiger partial charge in [0.2, 0.25) is 0 Å². The Balaban J connectivity index is 4.55. The summed E-state index contributed by atoms with van der Waals surface area (Å²) in [6.45, 7) is 1.33. The Kier molecular flexibility index (Phi) is 9.25. The van der Waals surface area contributed by atoms with Crippen molar-refractivity contribution < 1.29 is 31.3 Å². The molecule has 0 amide bonds. The van der Waals surface area contributed by atoms with Crippen LogP contribution in [0.1, 0.15) is 13.3 Å². The van der Waals surface area contributed by atoms with Gasteiger partial charge >= 0.3 is 5.97 Å². The van der Waals surface area contributed by atoms with Gasteiger partial charge in [-0.3, -0.25) is 9.35 Å². The molecule has 0 aliphatic heterocycles. The first-order valence-corrected chi connectivity index (χ1v) is 11.8. The molecular formula is C10H20O7S4. The minimum atomic E-state index is -4.43. The van der Waals surface area contributed by atoms with Gasteiger partial charge in [-0.1, -0.05) is 6.92 Å². The van der Waals surface area contributed by atoms with Crippen LogP contribution in [-0.4, -0.2) is 66.3 Å². The second-order valence-electron chi connectivity index (χ2n) is 4.43. The number of rotatable bonds is 11. The Labute approximate surface area is 133 Å². The maximum absolute atomic E-state index is 11.6. The summed E-state index contributed by atoms with van der Waals surface area (Å²) in [5.41, 5.74) is 0. The SMILES string of the molecule is CSCCS(=O)(=O)CCSC(CC(C)C(=O)O)S(=O)(=O)O. The third kappa shape index (κ3) is 9.61. The molecule has 0 aromatic rings. The Morgan fingerprint density at radius 1 is 1.14 bits per heavy atom. The van der Waals surface area contributed by atoms with E-state index in [1.807, 2.05) is 0 Å². The quantitative estimate of drug-likeness (QED) is 0.501. The summed E-state index contributed by atoms with van der Waals surface area (Å²) in [6.07, 6.45) is 1.51. The van der Waals surface area contributed by atoms with Crippen LogP contribution in [0, 0.1) is 5.92 Å². The Hall–Kier alpha value is 0.0300. The molecule has 2 N–H and O–H groups in total. The van der Waals surface area contributed by atoms with Crippen molar-refractivity contribution in [3.05, 3.63) is 0 Å². The molecule has 0 saturated heterocycles. The van der Waals surface area contributed by atoms with Gasteiger partial charge in [0.15, 0.2) is 9.84 Å². The van der Waals surface area contributed by atoms with Crippen molar-refractivity contribution in [3.63, 3.8) is 0 Å². The average molecular weight is 381 g/mol. The molecule has 0 saturated carbocycles. The predicted octanol–water partition coefficient (Wildman–Crippen LogP) is 0.822. The Morgan fingerprint density at radius 3 is 2.10 bits per heavy atom. The van der Waals surface area contributed by atoms with E-state index in [1.165, 1.54) is 18.7 Å². The lowest BCUT2D eigenvalue weighted by molar-refractivity contribution is -0.141. The summed E-state index contributed by atoms with van der Waals surface area (Å²) >= 11 is 2.14. The molecule has 21 heavy (non-hydrogen) atoms. The van der Waals surface area contributed by atoms with Gasteiger partial charge < -0.3 is 5.11 Å². The molecule has 126 valence electrons. The number of thioether (sulfide) groups is 2. The highest BCUT2D eigenvalue weighted by Crippen LogP contribution is 2.24. The fourth-order valence-corrected chi connectivity index (χ4v) is 6.77. The van der Waals surface area contributed by atoms with Gasteiger partial charge in [-0.05, 0) is 12.7 Å². The summed E-state index contributed by atoms with van der Waals surface area (Å²) in [5, 5.41) is 8.76. The maximum atomic E-state index is 11.6. The van der Waals surface area contributed by atoms with Crippen LogP contribution in [0.3, 0.4) is 0 Å². The molecule has 0 aromatic carbocycles. The van der Waals surface area contributed by atoms with E-state index in [2.05, 4.69) is 0 Å². The zero-order chi connectivity index (χ0) is 16.7. The summed E-state index contributed by atoms with van der Waals surface area (Å²) in [4.78, 5) is 10.7. The number of carboxylic acids is 1. The highest BCUT2D eigenvalue weighted by Gasteiger charge is 2.28. The van der Waals surface area contributed by atoms with Crippen LogP contribution in [0.4, 0.5) is 0 Å². The summed E-state index contributed by atoms with van der Waals surface area (Å²) < 4.78 is 53.4. The number of hydrogen-bond acceptors (Lipinski definition) is 7. The molecule has 2 atom stereocenters. The lowest BCUT2D eigenvalue weighted by Crippen LogP contribution is -2.25. The van der Waals surface area contributed by atoms with Gasteiger partial charge in [0.05, 0.1) is 17.4 Å². The molecule has 0 fully saturated rings. The zero-order valence-corrected chi connectivity index (χ0v) is 15.0. The monoisotopic (exact) mass is 380 g/mol. The van der Waals surface area contributed by atoms with Crippen molar-refractivity contribution in [3.8, 4) is 0 Å². The molecule has 0 spiro atoms. The van der Waals surface area contributed by atoms with Crippen LogP contribution in [0.25, 0.3) is 0 Å². The van der Waals surface area contributed by atoms with E-state index < -0.39 is 36.4 Å². The molecule has 0 aliphatic rings. The van der Waals surface area contributed by atoms with E-state index in [0.717, 1.165) is 11.8 Å². The molecule has 0 heterocycles. The van der Waals surface area contributed by atoms with Crippen molar-refractivity contribution in [2.75, 3.05) is 29.3 Å². The van der Waals surface area contributed by atoms with Crippen molar-refractivity contribution in [2.24, 2.45) is 5.92 Å². The standard InChI is InChI=1S/C10H20O7S4/c1-8(10(11)12)7-9(21(15,16)17)19-4-6-20(13,14)5-3-18-2/h8-9H,3-7H2,1-2H3,(H,11,12)(H,15,16,17). The second-order valence-corrected chi connectivity index (χ2v) is 10.9. The Bertz CT molecular complexity index is 526. The molecule has 11 heteroatoms. The predicted molar refractivity (Wildman–Crippen MR) is 86.2 cm³/mol. The van der Waals surface area contributed by atoms with Crippen molar-refractivity contribution >= 4 is 49.4 Å². The van der Waals surface area contributed by atoms with Crippen LogP contribution in [0.2, 0.25) is 0 Å². The second kappa shape index (κ2) is 9.23. The van der Waals surface area contributed by atoms with Crippen LogP contribution in [-0.2, 0) is 24.7 Å². The lowest BCUT2D eigenvalue weighted by Gasteiger charge is -2.15. The third-order valence-corrected chi connectivity index (χ3v) is 8.38. The number of sulfone groups is 1. The molecular weight excluding hydrogens is 360 g/mol. The van der Waals surface area contributed by atoms with Gasteiger partial charge in [-0.2, -0.15) is 20.2 Å². The third-order valence-electron chi connectivity index (χ3n) is 2.60. The fraction of sp³-hybridized carbons (Fsp3) is 0.900. The highest BCUT2D eigenvalue weighted by atomic mass is 32.3. The minimum Gasteiger partial charge on any atom is -0.481 e. The zero-order valence-electron chi connectivity index (χ0n) is 11.8. The van der Waals surface area contributed by atoms with E-state index in [0.29, 0.717) is 5.75 Å². The first kappa shape index (κ1) is 21.0. The van der Waals surface area contributed by atoms with E-state index in [4.69, 9.17) is 9.66 Å². The fourth-order valence-electron chi connectivity index (χ4n) is 1.28.